The van der Waals surface area contributed by atoms with E-state index >= 15 is 0 Å². The molecule has 0 saturated heterocycles. The number of aryl methyl sites for hydroxylation is 4. The number of ketones is 2. The van der Waals surface area contributed by atoms with Gasteiger partial charge in [0.25, 0.3) is 0 Å². The highest BCUT2D eigenvalue weighted by Gasteiger charge is 2.17. The summed E-state index contributed by atoms with van der Waals surface area (Å²) in [6.45, 7) is 4.06. The van der Waals surface area contributed by atoms with E-state index in [-0.39, 0.29) is 24.1 Å². The molecule has 35 heavy (non-hydrogen) atoms. The number of carbonyl (C=O) groups excluding carboxylic acids is 4. The van der Waals surface area contributed by atoms with Gasteiger partial charge in [0.15, 0.2) is 11.6 Å². The molecule has 0 amide bonds. The Morgan fingerprint density at radius 1 is 0.686 bits per heavy atom. The lowest BCUT2D eigenvalue weighted by Gasteiger charge is -2.06. The molecule has 6 heteroatoms. The number of hydrogen-bond acceptors (Lipinski definition) is 4. The van der Waals surface area contributed by atoms with Crippen molar-refractivity contribution in [3.63, 3.8) is 0 Å². The van der Waals surface area contributed by atoms with Crippen molar-refractivity contribution in [2.24, 2.45) is 14.1 Å². The summed E-state index contributed by atoms with van der Waals surface area (Å²) < 4.78 is 3.68. The fraction of sp³-hybridized carbons (Fsp3) is 0.207. The Labute approximate surface area is 204 Å². The quantitative estimate of drug-likeness (QED) is 0.361. The van der Waals surface area contributed by atoms with E-state index in [1.807, 2.05) is 66.8 Å². The van der Waals surface area contributed by atoms with Crippen LogP contribution in [0.2, 0.25) is 0 Å². The predicted molar refractivity (Wildman–Crippen MR) is 133 cm³/mol. The summed E-state index contributed by atoms with van der Waals surface area (Å²) in [6.07, 6.45) is 4.68. The Morgan fingerprint density at radius 3 is 1.83 bits per heavy atom. The molecule has 2 aromatic heterocycles. The van der Waals surface area contributed by atoms with E-state index < -0.39 is 0 Å². The third-order valence-corrected chi connectivity index (χ3v) is 5.81. The van der Waals surface area contributed by atoms with E-state index in [9.17, 15) is 9.59 Å². The fourth-order valence-electron chi connectivity index (χ4n) is 4.21. The van der Waals surface area contributed by atoms with Gasteiger partial charge in [-0.2, -0.15) is 9.59 Å². The van der Waals surface area contributed by atoms with Gasteiger partial charge in [-0.1, -0.05) is 54.1 Å². The fourth-order valence-corrected chi connectivity index (χ4v) is 4.21. The molecule has 2 heterocycles. The average Bonchev–Trinajstić information content (AvgIpc) is 3.35. The maximum atomic E-state index is 13.0. The molecular formula is C29H28N2O4. The van der Waals surface area contributed by atoms with Crippen molar-refractivity contribution in [2.45, 2.75) is 26.7 Å². The summed E-state index contributed by atoms with van der Waals surface area (Å²) in [7, 11) is 3.74. The molecule has 0 aliphatic heterocycles. The SMILES string of the molecule is Cc1cccc(-c2ccc(CC(=O)c3cc(CC(=O)c4cc(C)cn4C)cn3C)cc2)c1.O=C=O. The molecule has 0 atom stereocenters. The van der Waals surface area contributed by atoms with Gasteiger partial charge in [0.2, 0.25) is 0 Å². The van der Waals surface area contributed by atoms with Crippen LogP contribution in [-0.4, -0.2) is 26.9 Å². The summed E-state index contributed by atoms with van der Waals surface area (Å²) in [4.78, 5) is 41.9. The van der Waals surface area contributed by atoms with Gasteiger partial charge in [-0.25, -0.2) is 0 Å². The lowest BCUT2D eigenvalue weighted by Crippen LogP contribution is -2.08. The molecule has 0 spiro atoms. The van der Waals surface area contributed by atoms with E-state index in [1.54, 1.807) is 0 Å². The molecule has 0 saturated carbocycles. The van der Waals surface area contributed by atoms with Crippen molar-refractivity contribution in [1.82, 2.24) is 9.13 Å². The number of aromatic nitrogens is 2. The van der Waals surface area contributed by atoms with E-state index in [1.165, 1.54) is 11.1 Å². The summed E-state index contributed by atoms with van der Waals surface area (Å²) in [5.41, 5.74) is 7.74. The van der Waals surface area contributed by atoms with Crippen LogP contribution in [0.25, 0.3) is 11.1 Å². The molecule has 0 unspecified atom stereocenters. The molecule has 2 aromatic carbocycles. The highest BCUT2D eigenvalue weighted by Crippen LogP contribution is 2.22. The van der Waals surface area contributed by atoms with Crippen LogP contribution >= 0.6 is 0 Å². The minimum absolute atomic E-state index is 0.0456. The van der Waals surface area contributed by atoms with Gasteiger partial charge >= 0.3 is 6.15 Å². The minimum Gasteiger partial charge on any atom is -0.348 e. The third-order valence-electron chi connectivity index (χ3n) is 5.81. The van der Waals surface area contributed by atoms with Gasteiger partial charge in [0, 0.05) is 39.3 Å². The third kappa shape index (κ3) is 6.40. The Kier molecular flexibility index (Phi) is 8.13. The van der Waals surface area contributed by atoms with E-state index in [0.29, 0.717) is 17.8 Å². The zero-order valence-electron chi connectivity index (χ0n) is 20.4. The molecule has 6 nitrogen and oxygen atoms in total. The topological polar surface area (TPSA) is 78.1 Å². The normalized spacial score (nSPS) is 10.3. The van der Waals surface area contributed by atoms with Crippen LogP contribution in [0.4, 0.5) is 0 Å². The Morgan fingerprint density at radius 2 is 1.26 bits per heavy atom. The van der Waals surface area contributed by atoms with Crippen LogP contribution in [0.3, 0.4) is 0 Å². The number of Topliss-reactive ketones (excluding diaryl/α,β-unsaturated/α-hetero) is 2. The zero-order chi connectivity index (χ0) is 25.5. The molecule has 0 aliphatic rings. The second-order valence-corrected chi connectivity index (χ2v) is 8.71. The molecule has 0 fully saturated rings. The molecule has 0 bridgehead atoms. The smallest absolute Gasteiger partial charge is 0.348 e. The maximum absolute atomic E-state index is 13.0. The van der Waals surface area contributed by atoms with Gasteiger partial charge in [-0.05, 0) is 53.8 Å². The van der Waals surface area contributed by atoms with Gasteiger partial charge in [-0.15, -0.1) is 0 Å². The monoisotopic (exact) mass is 468 g/mol. The number of hydrogen-bond donors (Lipinski definition) is 0. The van der Waals surface area contributed by atoms with Crippen LogP contribution in [0.5, 0.6) is 0 Å². The first-order valence-electron chi connectivity index (χ1n) is 11.2. The van der Waals surface area contributed by atoms with Gasteiger partial charge < -0.3 is 9.13 Å². The molecule has 4 aromatic rings. The van der Waals surface area contributed by atoms with Crippen LogP contribution in [0.1, 0.15) is 43.2 Å². The van der Waals surface area contributed by atoms with Crippen molar-refractivity contribution in [1.29, 1.82) is 0 Å². The molecular weight excluding hydrogens is 440 g/mol. The van der Waals surface area contributed by atoms with Crippen molar-refractivity contribution >= 4 is 17.7 Å². The first-order valence-corrected chi connectivity index (χ1v) is 11.2. The Balaban J connectivity index is 0.00000108. The molecule has 0 N–H and O–H groups in total. The van der Waals surface area contributed by atoms with Crippen LogP contribution in [-0.2, 0) is 36.5 Å². The van der Waals surface area contributed by atoms with Crippen molar-refractivity contribution in [3.05, 3.63) is 107 Å². The lowest BCUT2D eigenvalue weighted by atomic mass is 10.00. The second kappa shape index (κ2) is 11.2. The summed E-state index contributed by atoms with van der Waals surface area (Å²) in [5, 5.41) is 0. The van der Waals surface area contributed by atoms with Crippen LogP contribution in [0, 0.1) is 13.8 Å². The maximum Gasteiger partial charge on any atom is 0.373 e. The molecule has 0 radical (unpaired) electrons. The van der Waals surface area contributed by atoms with Gasteiger partial charge in [0.05, 0.1) is 11.4 Å². The highest BCUT2D eigenvalue weighted by molar-refractivity contribution is 5.98. The first-order chi connectivity index (χ1) is 16.7. The minimum atomic E-state index is 0.0456. The lowest BCUT2D eigenvalue weighted by molar-refractivity contribution is -0.191. The van der Waals surface area contributed by atoms with Crippen molar-refractivity contribution in [2.75, 3.05) is 0 Å². The second-order valence-electron chi connectivity index (χ2n) is 8.71. The molecule has 0 aliphatic carbocycles. The van der Waals surface area contributed by atoms with E-state index in [2.05, 4.69) is 43.3 Å². The number of nitrogens with zero attached hydrogens (tertiary/aromatic N) is 2. The summed E-state index contributed by atoms with van der Waals surface area (Å²) in [5.74, 6) is 0.0983. The van der Waals surface area contributed by atoms with Crippen LogP contribution < -0.4 is 0 Å². The number of rotatable bonds is 7. The standard InChI is InChI=1S/C28H28N2O2.CO2/c1-19-6-5-7-24(12-19)23-10-8-21(9-11-23)15-27(31)26-14-22(18-30(26)4)16-28(32)25-13-20(2)17-29(25)3;2-1-3/h5-14,17-18H,15-16H2,1-4H3;. The van der Waals surface area contributed by atoms with Gasteiger partial charge in [-0.3, -0.25) is 9.59 Å². The Hall–Kier alpha value is -4.28. The van der Waals surface area contributed by atoms with Crippen LogP contribution in [0.15, 0.2) is 73.1 Å². The van der Waals surface area contributed by atoms with E-state index in [4.69, 9.17) is 9.59 Å². The zero-order valence-corrected chi connectivity index (χ0v) is 20.4. The average molecular weight is 469 g/mol. The predicted octanol–water partition coefficient (Wildman–Crippen LogP) is 4.91. The summed E-state index contributed by atoms with van der Waals surface area (Å²) in [6, 6.07) is 20.3. The number of benzene rings is 2. The van der Waals surface area contributed by atoms with E-state index in [0.717, 1.165) is 22.3 Å². The van der Waals surface area contributed by atoms with Crippen molar-refractivity contribution < 1.29 is 19.2 Å². The Bertz CT molecular complexity index is 1380. The van der Waals surface area contributed by atoms with Gasteiger partial charge in [0.1, 0.15) is 0 Å². The molecule has 178 valence electrons. The van der Waals surface area contributed by atoms with Crippen molar-refractivity contribution in [3.8, 4) is 11.1 Å². The number of carbonyl (C=O) groups is 2. The largest absolute Gasteiger partial charge is 0.373 e. The molecule has 4 rings (SSSR count). The first kappa shape index (κ1) is 25.3. The highest BCUT2D eigenvalue weighted by atomic mass is 16.2. The summed E-state index contributed by atoms with van der Waals surface area (Å²) >= 11 is 0.